The van der Waals surface area contributed by atoms with E-state index in [1.807, 2.05) is 27.8 Å². The smallest absolute Gasteiger partial charge is 0.240 e. The van der Waals surface area contributed by atoms with E-state index in [1.165, 1.54) is 12.1 Å². The first kappa shape index (κ1) is 20.3. The summed E-state index contributed by atoms with van der Waals surface area (Å²) in [6.45, 7) is 6.78. The maximum Gasteiger partial charge on any atom is 0.240 e. The van der Waals surface area contributed by atoms with E-state index in [2.05, 4.69) is 15.6 Å². The highest BCUT2D eigenvalue weighted by atomic mass is 32.2. The monoisotopic (exact) mass is 354 g/mol. The van der Waals surface area contributed by atoms with Crippen LogP contribution in [0.4, 0.5) is 4.39 Å². The highest BCUT2D eigenvalue weighted by molar-refractivity contribution is 7.99. The van der Waals surface area contributed by atoms with Crippen molar-refractivity contribution in [3.63, 3.8) is 0 Å². The number of carbonyl (C=O) groups is 1. The molecule has 0 fully saturated rings. The van der Waals surface area contributed by atoms with Gasteiger partial charge in [0.25, 0.3) is 0 Å². The van der Waals surface area contributed by atoms with Gasteiger partial charge in [0, 0.05) is 36.8 Å². The molecule has 24 heavy (non-hydrogen) atoms. The van der Waals surface area contributed by atoms with Crippen molar-refractivity contribution in [2.45, 2.75) is 31.2 Å². The number of likely N-dealkylation sites (N-methyl/N-ethyl adjacent to an activating group) is 1. The molecule has 0 saturated heterocycles. The zero-order valence-corrected chi connectivity index (χ0v) is 15.8. The predicted octanol–water partition coefficient (Wildman–Crippen LogP) is 2.34. The summed E-state index contributed by atoms with van der Waals surface area (Å²) in [7, 11) is 3.51. The quantitative estimate of drug-likeness (QED) is 0.356. The number of hydrogen-bond acceptors (Lipinski definition) is 3. The number of benzene rings is 1. The average molecular weight is 354 g/mol. The molecule has 0 radical (unpaired) electrons. The van der Waals surface area contributed by atoms with Crippen LogP contribution in [0, 0.1) is 5.82 Å². The molecule has 1 rings (SSSR count). The summed E-state index contributed by atoms with van der Waals surface area (Å²) in [6.07, 6.45) is 0. The van der Waals surface area contributed by atoms with E-state index in [9.17, 15) is 9.18 Å². The Morgan fingerprint density at radius 1 is 1.29 bits per heavy atom. The van der Waals surface area contributed by atoms with E-state index in [1.54, 1.807) is 35.8 Å². The molecule has 0 aliphatic heterocycles. The second-order valence-corrected chi connectivity index (χ2v) is 7.60. The van der Waals surface area contributed by atoms with Crippen molar-refractivity contribution < 1.29 is 9.18 Å². The third-order valence-corrected chi connectivity index (χ3v) is 3.95. The van der Waals surface area contributed by atoms with Gasteiger partial charge in [0.15, 0.2) is 5.96 Å². The van der Waals surface area contributed by atoms with Crippen molar-refractivity contribution in [1.82, 2.24) is 15.5 Å². The van der Waals surface area contributed by atoms with Crippen LogP contribution in [0.5, 0.6) is 0 Å². The van der Waals surface area contributed by atoms with Crippen molar-refractivity contribution in [2.75, 3.05) is 32.9 Å². The first-order valence-corrected chi connectivity index (χ1v) is 8.81. The maximum atomic E-state index is 12.8. The van der Waals surface area contributed by atoms with Gasteiger partial charge in [0.2, 0.25) is 5.91 Å². The Labute approximate surface area is 148 Å². The Morgan fingerprint density at radius 3 is 2.46 bits per heavy atom. The summed E-state index contributed by atoms with van der Waals surface area (Å²) in [5, 5.41) is 6.14. The minimum absolute atomic E-state index is 0.0476. The predicted molar refractivity (Wildman–Crippen MR) is 99.0 cm³/mol. The highest BCUT2D eigenvalue weighted by Crippen LogP contribution is 2.17. The zero-order valence-electron chi connectivity index (χ0n) is 15.0. The first-order chi connectivity index (χ1) is 11.2. The molecule has 0 unspecified atom stereocenters. The number of amides is 1. The minimum Gasteiger partial charge on any atom is -0.355 e. The third-order valence-electron chi connectivity index (χ3n) is 2.94. The molecule has 2 N–H and O–H groups in total. The standard InChI is InChI=1S/C17H27FN4OS/c1-17(2,3)21-15(23)12-22(5)16(19-4)20-10-11-24-14-8-6-13(18)7-9-14/h6-9H,10-12H2,1-5H3,(H,19,20)(H,21,23). The second kappa shape index (κ2) is 9.52. The molecule has 0 atom stereocenters. The number of aliphatic imine (C=N–C) groups is 1. The lowest BCUT2D eigenvalue weighted by molar-refractivity contribution is -0.122. The molecule has 1 aromatic carbocycles. The lowest BCUT2D eigenvalue weighted by Gasteiger charge is -2.25. The molecule has 0 saturated carbocycles. The van der Waals surface area contributed by atoms with Crippen LogP contribution >= 0.6 is 11.8 Å². The van der Waals surface area contributed by atoms with Crippen molar-refractivity contribution in [3.05, 3.63) is 30.1 Å². The van der Waals surface area contributed by atoms with E-state index in [0.717, 1.165) is 10.6 Å². The average Bonchev–Trinajstić information content (AvgIpc) is 2.47. The van der Waals surface area contributed by atoms with Crippen LogP contribution in [0.2, 0.25) is 0 Å². The van der Waals surface area contributed by atoms with Crippen LogP contribution in [0.1, 0.15) is 20.8 Å². The molecule has 7 heteroatoms. The van der Waals surface area contributed by atoms with E-state index in [0.29, 0.717) is 12.5 Å². The second-order valence-electron chi connectivity index (χ2n) is 6.43. The number of carbonyl (C=O) groups excluding carboxylic acids is 1. The van der Waals surface area contributed by atoms with Crippen molar-refractivity contribution in [2.24, 2.45) is 4.99 Å². The molecule has 5 nitrogen and oxygen atoms in total. The summed E-state index contributed by atoms with van der Waals surface area (Å²) >= 11 is 1.63. The summed E-state index contributed by atoms with van der Waals surface area (Å²) < 4.78 is 12.8. The highest BCUT2D eigenvalue weighted by Gasteiger charge is 2.16. The molecular weight excluding hydrogens is 327 g/mol. The Bertz CT molecular complexity index is 555. The van der Waals surface area contributed by atoms with Crippen LogP contribution < -0.4 is 10.6 Å². The molecular formula is C17H27FN4OS. The van der Waals surface area contributed by atoms with Gasteiger partial charge in [-0.25, -0.2) is 4.39 Å². The Hall–Kier alpha value is -1.76. The normalized spacial score (nSPS) is 12.0. The fourth-order valence-electron chi connectivity index (χ4n) is 2.00. The minimum atomic E-state index is -0.249. The van der Waals surface area contributed by atoms with Crippen molar-refractivity contribution >= 4 is 23.6 Å². The number of nitrogens with zero attached hydrogens (tertiary/aromatic N) is 2. The SMILES string of the molecule is CN=C(NCCSc1ccc(F)cc1)N(C)CC(=O)NC(C)(C)C. The molecule has 134 valence electrons. The van der Waals surface area contributed by atoms with Gasteiger partial charge >= 0.3 is 0 Å². The lowest BCUT2D eigenvalue weighted by Crippen LogP contribution is -2.49. The van der Waals surface area contributed by atoms with Crippen LogP contribution in [0.25, 0.3) is 0 Å². The number of nitrogens with one attached hydrogen (secondary N) is 2. The number of thioether (sulfide) groups is 1. The Kier molecular flexibility index (Phi) is 8.04. The summed E-state index contributed by atoms with van der Waals surface area (Å²) in [6, 6.07) is 6.43. The van der Waals surface area contributed by atoms with E-state index in [-0.39, 0.29) is 23.8 Å². The van der Waals surface area contributed by atoms with Gasteiger partial charge in [-0.2, -0.15) is 0 Å². The van der Waals surface area contributed by atoms with E-state index in [4.69, 9.17) is 0 Å². The van der Waals surface area contributed by atoms with E-state index >= 15 is 0 Å². The number of halogens is 1. The summed E-state index contributed by atoms with van der Waals surface area (Å²) in [4.78, 5) is 18.9. The molecule has 0 heterocycles. The van der Waals surface area contributed by atoms with Crippen LogP contribution in [0.15, 0.2) is 34.2 Å². The third kappa shape index (κ3) is 8.19. The molecule has 0 aliphatic carbocycles. The van der Waals surface area contributed by atoms with Crippen LogP contribution in [0.3, 0.4) is 0 Å². The number of rotatable bonds is 6. The van der Waals surface area contributed by atoms with Crippen molar-refractivity contribution in [3.8, 4) is 0 Å². The van der Waals surface area contributed by atoms with Crippen LogP contribution in [-0.2, 0) is 4.79 Å². The summed E-state index contributed by atoms with van der Waals surface area (Å²) in [5.74, 6) is 1.20. The largest absolute Gasteiger partial charge is 0.355 e. The van der Waals surface area contributed by atoms with Gasteiger partial charge in [-0.05, 0) is 45.0 Å². The van der Waals surface area contributed by atoms with Gasteiger partial charge < -0.3 is 15.5 Å². The number of guanidine groups is 1. The first-order valence-electron chi connectivity index (χ1n) is 7.82. The molecule has 0 aromatic heterocycles. The topological polar surface area (TPSA) is 56.7 Å². The number of hydrogen-bond donors (Lipinski definition) is 2. The maximum absolute atomic E-state index is 12.8. The van der Waals surface area contributed by atoms with Gasteiger partial charge in [0.05, 0.1) is 6.54 Å². The van der Waals surface area contributed by atoms with E-state index < -0.39 is 0 Å². The Balaban J connectivity index is 2.36. The fourth-order valence-corrected chi connectivity index (χ4v) is 2.76. The molecule has 0 aliphatic rings. The lowest BCUT2D eigenvalue weighted by atomic mass is 10.1. The van der Waals surface area contributed by atoms with Gasteiger partial charge in [-0.1, -0.05) is 0 Å². The van der Waals surface area contributed by atoms with Gasteiger partial charge in [0.1, 0.15) is 5.82 Å². The Morgan fingerprint density at radius 2 is 1.92 bits per heavy atom. The molecule has 0 spiro atoms. The van der Waals surface area contributed by atoms with Gasteiger partial charge in [-0.15, -0.1) is 11.8 Å². The molecule has 0 bridgehead atoms. The zero-order chi connectivity index (χ0) is 18.2. The summed E-state index contributed by atoms with van der Waals surface area (Å²) in [5.41, 5.74) is -0.249. The molecule has 1 aromatic rings. The van der Waals surface area contributed by atoms with Gasteiger partial charge in [-0.3, -0.25) is 9.79 Å². The van der Waals surface area contributed by atoms with Crippen LogP contribution in [-0.4, -0.2) is 55.2 Å². The fraction of sp³-hybridized carbons (Fsp3) is 0.529. The molecule has 1 amide bonds. The van der Waals surface area contributed by atoms with Crippen molar-refractivity contribution in [1.29, 1.82) is 0 Å².